The van der Waals surface area contributed by atoms with Gasteiger partial charge in [0.1, 0.15) is 12.3 Å². The molecule has 2 aromatic carbocycles. The summed E-state index contributed by atoms with van der Waals surface area (Å²) in [5.74, 6) is -4.74. The van der Waals surface area contributed by atoms with Crippen molar-refractivity contribution in [2.45, 2.75) is 69.1 Å². The van der Waals surface area contributed by atoms with Crippen molar-refractivity contribution in [2.24, 2.45) is 11.8 Å². The van der Waals surface area contributed by atoms with E-state index in [0.717, 1.165) is 31.7 Å². The Kier molecular flexibility index (Phi) is 10.3. The molecule has 0 spiro atoms. The molecule has 3 amide bonds. The molecule has 0 radical (unpaired) electrons. The van der Waals surface area contributed by atoms with E-state index >= 15 is 8.78 Å². The molecule has 1 aliphatic carbocycles. The highest BCUT2D eigenvalue weighted by molar-refractivity contribution is 6.30. The largest absolute Gasteiger partial charge is 0.434 e. The van der Waals surface area contributed by atoms with Crippen molar-refractivity contribution in [2.75, 3.05) is 6.54 Å². The molecular formula is C30H34ClF2N3O5. The van der Waals surface area contributed by atoms with E-state index in [0.29, 0.717) is 19.3 Å². The van der Waals surface area contributed by atoms with Crippen LogP contribution in [-0.2, 0) is 25.0 Å². The number of amides is 3. The molecule has 1 aliphatic heterocycles. The molecule has 2 aromatic rings. The molecule has 1 saturated heterocycles. The number of carbonyl (C=O) groups is 4. The molecule has 11 heteroatoms. The number of hydrogen-bond acceptors (Lipinski definition) is 5. The van der Waals surface area contributed by atoms with Gasteiger partial charge < -0.3 is 25.5 Å². The fraction of sp³-hybridized carbons (Fsp3) is 0.467. The van der Waals surface area contributed by atoms with Crippen LogP contribution in [0.3, 0.4) is 0 Å². The molecule has 2 aliphatic rings. The minimum absolute atomic E-state index is 0.0558. The first-order chi connectivity index (χ1) is 19.7. The molecule has 0 bridgehead atoms. The van der Waals surface area contributed by atoms with Gasteiger partial charge in [-0.15, -0.1) is 0 Å². The number of halogens is 3. The Morgan fingerprint density at radius 2 is 1.78 bits per heavy atom. The quantitative estimate of drug-likeness (QED) is 0.300. The van der Waals surface area contributed by atoms with Gasteiger partial charge in [-0.2, -0.15) is 8.78 Å². The van der Waals surface area contributed by atoms with Gasteiger partial charge in [-0.3, -0.25) is 9.59 Å². The zero-order valence-corrected chi connectivity index (χ0v) is 23.2. The van der Waals surface area contributed by atoms with Gasteiger partial charge in [-0.05, 0) is 42.9 Å². The Balaban J connectivity index is 1.51. The highest BCUT2D eigenvalue weighted by atomic mass is 35.5. The molecule has 2 fully saturated rings. The molecule has 4 rings (SSSR count). The van der Waals surface area contributed by atoms with Gasteiger partial charge in [0.15, 0.2) is 6.10 Å². The van der Waals surface area contributed by atoms with Crippen molar-refractivity contribution in [1.82, 2.24) is 16.0 Å². The van der Waals surface area contributed by atoms with Crippen LogP contribution in [0.4, 0.5) is 13.6 Å². The zero-order valence-electron chi connectivity index (χ0n) is 22.5. The molecule has 1 saturated carbocycles. The second-order valence-corrected chi connectivity index (χ2v) is 11.1. The zero-order chi connectivity index (χ0) is 29.4. The van der Waals surface area contributed by atoms with Crippen molar-refractivity contribution in [3.63, 3.8) is 0 Å². The average molecular weight is 590 g/mol. The molecular weight excluding hydrogens is 556 g/mol. The third kappa shape index (κ3) is 8.03. The van der Waals surface area contributed by atoms with E-state index < -0.39 is 47.6 Å². The van der Waals surface area contributed by atoms with Crippen molar-refractivity contribution >= 4 is 35.8 Å². The summed E-state index contributed by atoms with van der Waals surface area (Å²) in [6, 6.07) is 10.7. The lowest BCUT2D eigenvalue weighted by molar-refractivity contribution is -0.129. The Hall–Kier alpha value is -3.53. The third-order valence-corrected chi connectivity index (χ3v) is 7.95. The molecule has 41 heavy (non-hydrogen) atoms. The van der Waals surface area contributed by atoms with Gasteiger partial charge in [0.05, 0.1) is 6.04 Å². The molecule has 1 heterocycles. The van der Waals surface area contributed by atoms with E-state index in [4.69, 9.17) is 16.3 Å². The first-order valence-electron chi connectivity index (χ1n) is 13.9. The van der Waals surface area contributed by atoms with Crippen LogP contribution in [-0.4, -0.2) is 42.8 Å². The van der Waals surface area contributed by atoms with Gasteiger partial charge in [-0.1, -0.05) is 79.7 Å². The van der Waals surface area contributed by atoms with Crippen LogP contribution in [0.25, 0.3) is 0 Å². The smallest absolute Gasteiger partial charge is 0.408 e. The van der Waals surface area contributed by atoms with Gasteiger partial charge >= 0.3 is 12.0 Å². The minimum Gasteiger partial charge on any atom is -0.434 e. The summed E-state index contributed by atoms with van der Waals surface area (Å²) < 4.78 is 36.9. The maximum Gasteiger partial charge on any atom is 0.408 e. The fourth-order valence-corrected chi connectivity index (χ4v) is 5.72. The number of ether oxygens (including phenoxy) is 1. The van der Waals surface area contributed by atoms with E-state index in [9.17, 15) is 19.2 Å². The standard InChI is InChI=1S/C30H34ClF2N3O5/c31-23-12-6-11-22(17-23)30(32,33)26(20-9-2-1-3-10-20)41-29(40)36-25(15-19-7-4-5-8-19)28(39)35-24(18-37)16-21-13-14-34-27(21)38/h1-3,6,9-12,17-19,21,24-26H,4-5,7-8,13-16H2,(H,34,38)(H,35,39)(H,36,40)/t21-,24-,25-,26?/m0/s1. The van der Waals surface area contributed by atoms with E-state index in [2.05, 4.69) is 16.0 Å². The van der Waals surface area contributed by atoms with Crippen LogP contribution < -0.4 is 16.0 Å². The van der Waals surface area contributed by atoms with Crippen molar-refractivity contribution in [3.05, 3.63) is 70.7 Å². The highest BCUT2D eigenvalue weighted by Crippen LogP contribution is 2.43. The summed E-state index contributed by atoms with van der Waals surface area (Å²) in [4.78, 5) is 50.1. The van der Waals surface area contributed by atoms with Gasteiger partial charge in [0.25, 0.3) is 0 Å². The second kappa shape index (κ2) is 13.9. The number of rotatable bonds is 12. The number of alkyl halides is 2. The number of alkyl carbamates (subject to hydrolysis) is 1. The van der Waals surface area contributed by atoms with Gasteiger partial charge in [-0.25, -0.2) is 4.79 Å². The predicted octanol–water partition coefficient (Wildman–Crippen LogP) is 5.06. The van der Waals surface area contributed by atoms with Crippen LogP contribution in [0.15, 0.2) is 54.6 Å². The molecule has 8 nitrogen and oxygen atoms in total. The van der Waals surface area contributed by atoms with Gasteiger partial charge in [0, 0.05) is 23.0 Å². The van der Waals surface area contributed by atoms with Crippen LogP contribution in [0.1, 0.15) is 62.2 Å². The maximum absolute atomic E-state index is 15.8. The lowest BCUT2D eigenvalue weighted by Gasteiger charge is -2.29. The van der Waals surface area contributed by atoms with E-state index in [-0.39, 0.29) is 35.3 Å². The van der Waals surface area contributed by atoms with Crippen LogP contribution in [0.2, 0.25) is 5.02 Å². The summed E-state index contributed by atoms with van der Waals surface area (Å²) in [6.45, 7) is 0.503. The van der Waals surface area contributed by atoms with Crippen LogP contribution in [0, 0.1) is 11.8 Å². The fourth-order valence-electron chi connectivity index (χ4n) is 5.53. The normalized spacial score (nSPS) is 19.6. The number of aldehydes is 1. The number of nitrogens with one attached hydrogen (secondary N) is 3. The van der Waals surface area contributed by atoms with E-state index in [1.165, 1.54) is 30.3 Å². The summed E-state index contributed by atoms with van der Waals surface area (Å²) >= 11 is 5.96. The summed E-state index contributed by atoms with van der Waals surface area (Å²) in [5.41, 5.74) is -0.378. The summed E-state index contributed by atoms with van der Waals surface area (Å²) in [5, 5.41) is 7.91. The van der Waals surface area contributed by atoms with E-state index in [1.54, 1.807) is 18.2 Å². The number of hydrogen-bond donors (Lipinski definition) is 3. The Morgan fingerprint density at radius 3 is 2.41 bits per heavy atom. The number of carbonyl (C=O) groups excluding carboxylic acids is 4. The van der Waals surface area contributed by atoms with Crippen molar-refractivity contribution in [3.8, 4) is 0 Å². The molecule has 1 unspecified atom stereocenters. The van der Waals surface area contributed by atoms with Gasteiger partial charge in [0.2, 0.25) is 11.8 Å². The average Bonchev–Trinajstić information content (AvgIpc) is 3.62. The van der Waals surface area contributed by atoms with Crippen LogP contribution >= 0.6 is 11.6 Å². The predicted molar refractivity (Wildman–Crippen MR) is 148 cm³/mol. The minimum atomic E-state index is -3.66. The lowest BCUT2D eigenvalue weighted by Crippen LogP contribution is -2.51. The summed E-state index contributed by atoms with van der Waals surface area (Å²) in [6.07, 6.45) is 1.98. The second-order valence-electron chi connectivity index (χ2n) is 10.7. The lowest BCUT2D eigenvalue weighted by atomic mass is 9.96. The van der Waals surface area contributed by atoms with Crippen molar-refractivity contribution < 1.29 is 32.7 Å². The highest BCUT2D eigenvalue weighted by Gasteiger charge is 2.46. The van der Waals surface area contributed by atoms with Crippen molar-refractivity contribution in [1.29, 1.82) is 0 Å². The first-order valence-corrected chi connectivity index (χ1v) is 14.2. The monoisotopic (exact) mass is 589 g/mol. The Morgan fingerprint density at radius 1 is 1.05 bits per heavy atom. The summed E-state index contributed by atoms with van der Waals surface area (Å²) in [7, 11) is 0. The molecule has 4 atom stereocenters. The van der Waals surface area contributed by atoms with Crippen LogP contribution in [0.5, 0.6) is 0 Å². The Labute approximate surface area is 242 Å². The first kappa shape index (κ1) is 30.4. The topological polar surface area (TPSA) is 114 Å². The molecule has 220 valence electrons. The molecule has 0 aromatic heterocycles. The maximum atomic E-state index is 15.8. The number of benzene rings is 2. The molecule has 3 N–H and O–H groups in total. The Bertz CT molecular complexity index is 1230. The third-order valence-electron chi connectivity index (χ3n) is 7.71. The van der Waals surface area contributed by atoms with E-state index in [1.807, 2.05) is 0 Å². The SMILES string of the molecule is O=C[C@H](C[C@@H]1CCNC1=O)NC(=O)[C@H](CC1CCCC1)NC(=O)OC(c1ccccc1)C(F)(F)c1cccc(Cl)c1.